The Bertz CT molecular complexity index is 605. The third-order valence-corrected chi connectivity index (χ3v) is 4.36. The minimum atomic E-state index is -4.14. The maximum atomic E-state index is 12.6. The van der Waals surface area contributed by atoms with Crippen LogP contribution in [0.5, 0.6) is 0 Å². The predicted molar refractivity (Wildman–Crippen MR) is 94.3 cm³/mol. The van der Waals surface area contributed by atoms with E-state index in [0.29, 0.717) is 12.8 Å². The zero-order valence-electron chi connectivity index (χ0n) is 16.0. The second kappa shape index (κ2) is 8.53. The molecule has 0 aromatic carbocycles. The van der Waals surface area contributed by atoms with Crippen LogP contribution in [0.1, 0.15) is 60.3 Å². The molecule has 1 rings (SSSR count). The predicted octanol–water partition coefficient (Wildman–Crippen LogP) is 1.61. The van der Waals surface area contributed by atoms with Gasteiger partial charge < -0.3 is 14.8 Å². The van der Waals surface area contributed by atoms with Gasteiger partial charge in [-0.05, 0) is 52.4 Å². The van der Waals surface area contributed by atoms with Crippen LogP contribution >= 0.6 is 0 Å². The Hall–Kier alpha value is -1.39. The summed E-state index contributed by atoms with van der Waals surface area (Å²) in [5, 5.41) is 7.39. The Kier molecular flexibility index (Phi) is 7.43. The molecule has 0 aromatic heterocycles. The molecule has 0 saturated heterocycles. The van der Waals surface area contributed by atoms with Gasteiger partial charge >= 0.3 is 22.4 Å². The van der Waals surface area contributed by atoms with Crippen LogP contribution in [0.4, 0.5) is 4.79 Å². The minimum absolute atomic E-state index is 0.257. The zero-order valence-corrected chi connectivity index (χ0v) is 16.9. The number of carbonyl (C=O) groups is 2. The third-order valence-electron chi connectivity index (χ3n) is 3.91. The second-order valence-corrected chi connectivity index (χ2v) is 9.16. The van der Waals surface area contributed by atoms with Gasteiger partial charge in [-0.15, -0.1) is 0 Å². The van der Waals surface area contributed by atoms with Crippen molar-refractivity contribution in [3.63, 3.8) is 0 Å². The molecule has 1 atom stereocenters. The van der Waals surface area contributed by atoms with Crippen molar-refractivity contribution in [1.82, 2.24) is 5.32 Å². The number of ether oxygens (including phenoxy) is 2. The van der Waals surface area contributed by atoms with Gasteiger partial charge in [0.05, 0.1) is 0 Å². The number of carbonyl (C=O) groups excluding carboxylic acids is 2. The van der Waals surface area contributed by atoms with E-state index in [0.717, 1.165) is 12.8 Å². The number of alkyl carbamates (subject to hydrolysis) is 1. The van der Waals surface area contributed by atoms with Gasteiger partial charge in [0.1, 0.15) is 23.9 Å². The molecule has 10 heteroatoms. The Morgan fingerprint density at radius 1 is 1.19 bits per heavy atom. The van der Waals surface area contributed by atoms with Gasteiger partial charge in [-0.2, -0.15) is 8.42 Å². The van der Waals surface area contributed by atoms with E-state index in [1.807, 2.05) is 0 Å². The monoisotopic (exact) mass is 394 g/mol. The number of hydrogen-bond acceptors (Lipinski definition) is 7. The zero-order chi connectivity index (χ0) is 20.2. The van der Waals surface area contributed by atoms with Crippen molar-refractivity contribution in [1.29, 1.82) is 0 Å². The van der Waals surface area contributed by atoms with Crippen molar-refractivity contribution >= 4 is 22.4 Å². The first-order chi connectivity index (χ1) is 11.7. The van der Waals surface area contributed by atoms with Gasteiger partial charge in [0.2, 0.25) is 0 Å². The number of esters is 1. The molecule has 26 heavy (non-hydrogen) atoms. The highest BCUT2D eigenvalue weighted by atomic mass is 32.2. The van der Waals surface area contributed by atoms with Crippen molar-refractivity contribution in [2.24, 2.45) is 11.1 Å². The summed E-state index contributed by atoms with van der Waals surface area (Å²) in [7, 11) is -4.14. The lowest BCUT2D eigenvalue weighted by atomic mass is 10.0. The summed E-state index contributed by atoms with van der Waals surface area (Å²) in [5.74, 6) is -0.918. The second-order valence-electron chi connectivity index (χ2n) is 7.93. The van der Waals surface area contributed by atoms with Crippen LogP contribution in [0.3, 0.4) is 0 Å². The van der Waals surface area contributed by atoms with Crippen LogP contribution in [-0.2, 0) is 28.8 Å². The van der Waals surface area contributed by atoms with Crippen LogP contribution in [0.2, 0.25) is 0 Å². The SMILES string of the molecule is CC(C)[C@H](NC(=O)OC(C)(C)C)C(=O)OC1(COS(N)(=O)=O)CCCC1. The first-order valence-corrected chi connectivity index (χ1v) is 10.1. The molecule has 1 amide bonds. The number of rotatable bonds is 7. The van der Waals surface area contributed by atoms with E-state index in [1.165, 1.54) is 0 Å². The maximum absolute atomic E-state index is 12.6. The Morgan fingerprint density at radius 2 is 1.73 bits per heavy atom. The fourth-order valence-corrected chi connectivity index (χ4v) is 3.07. The smallest absolute Gasteiger partial charge is 0.408 e. The highest BCUT2D eigenvalue weighted by Gasteiger charge is 2.41. The van der Waals surface area contributed by atoms with E-state index >= 15 is 0 Å². The lowest BCUT2D eigenvalue weighted by Crippen LogP contribution is -2.50. The molecule has 1 aliphatic rings. The van der Waals surface area contributed by atoms with E-state index in [-0.39, 0.29) is 12.5 Å². The van der Waals surface area contributed by atoms with E-state index in [2.05, 4.69) is 9.50 Å². The molecule has 9 nitrogen and oxygen atoms in total. The molecule has 0 heterocycles. The fourth-order valence-electron chi connectivity index (χ4n) is 2.69. The summed E-state index contributed by atoms with van der Waals surface area (Å²) in [6.45, 7) is 8.32. The molecule has 1 aliphatic carbocycles. The summed E-state index contributed by atoms with van der Waals surface area (Å²) < 4.78 is 37.6. The van der Waals surface area contributed by atoms with E-state index in [4.69, 9.17) is 14.6 Å². The molecular formula is C16H30N2O7S. The topological polar surface area (TPSA) is 134 Å². The van der Waals surface area contributed by atoms with E-state index in [9.17, 15) is 18.0 Å². The van der Waals surface area contributed by atoms with Gasteiger partial charge in [0.25, 0.3) is 0 Å². The number of hydrogen-bond donors (Lipinski definition) is 2. The molecule has 0 bridgehead atoms. The standard InChI is InChI=1S/C16H30N2O7S/c1-11(2)12(18-14(20)25-15(3,4)5)13(19)24-16(8-6-7-9-16)10-23-26(17,21)22/h11-12H,6-10H2,1-5H3,(H,18,20)(H2,17,21,22)/t12-/m0/s1. The van der Waals surface area contributed by atoms with Crippen molar-refractivity contribution in [3.8, 4) is 0 Å². The Balaban J connectivity index is 2.82. The molecule has 1 saturated carbocycles. The average molecular weight is 394 g/mol. The maximum Gasteiger partial charge on any atom is 0.408 e. The first-order valence-electron chi connectivity index (χ1n) is 8.63. The number of nitrogens with two attached hydrogens (primary N) is 1. The molecule has 0 aliphatic heterocycles. The Morgan fingerprint density at radius 3 is 2.15 bits per heavy atom. The lowest BCUT2D eigenvalue weighted by molar-refractivity contribution is -0.166. The van der Waals surface area contributed by atoms with Gasteiger partial charge in [0, 0.05) is 0 Å². The van der Waals surface area contributed by atoms with Crippen LogP contribution in [0.15, 0.2) is 0 Å². The molecule has 0 unspecified atom stereocenters. The summed E-state index contributed by atoms with van der Waals surface area (Å²) in [5.41, 5.74) is -1.77. The van der Waals surface area contributed by atoms with Gasteiger partial charge in [0.15, 0.2) is 0 Å². The van der Waals surface area contributed by atoms with Gasteiger partial charge in [-0.1, -0.05) is 13.8 Å². The van der Waals surface area contributed by atoms with Crippen LogP contribution in [0, 0.1) is 5.92 Å². The van der Waals surface area contributed by atoms with E-state index < -0.39 is 39.6 Å². The summed E-state index contributed by atoms with van der Waals surface area (Å²) in [6, 6.07) is -0.934. The minimum Gasteiger partial charge on any atom is -0.455 e. The molecule has 0 spiro atoms. The molecule has 152 valence electrons. The summed E-state index contributed by atoms with van der Waals surface area (Å²) >= 11 is 0. The van der Waals surface area contributed by atoms with Gasteiger partial charge in [-0.3, -0.25) is 4.18 Å². The van der Waals surface area contributed by atoms with Crippen molar-refractivity contribution in [3.05, 3.63) is 0 Å². The number of nitrogens with one attached hydrogen (secondary N) is 1. The third kappa shape index (κ3) is 7.88. The molecule has 0 aromatic rings. The van der Waals surface area contributed by atoms with E-state index in [1.54, 1.807) is 34.6 Å². The van der Waals surface area contributed by atoms with Crippen molar-refractivity contribution < 1.29 is 31.7 Å². The average Bonchev–Trinajstić information content (AvgIpc) is 2.88. The Labute approximate surface area is 155 Å². The molecule has 0 radical (unpaired) electrons. The van der Waals surface area contributed by atoms with Crippen LogP contribution in [-0.4, -0.2) is 44.3 Å². The van der Waals surface area contributed by atoms with Gasteiger partial charge in [-0.25, -0.2) is 14.7 Å². The lowest BCUT2D eigenvalue weighted by Gasteiger charge is -2.31. The molecule has 1 fully saturated rings. The summed E-state index contributed by atoms with van der Waals surface area (Å²) in [4.78, 5) is 24.6. The normalized spacial score (nSPS) is 18.4. The summed E-state index contributed by atoms with van der Waals surface area (Å²) in [6.07, 6.45) is 1.74. The van der Waals surface area contributed by atoms with Crippen molar-refractivity contribution in [2.45, 2.75) is 77.5 Å². The fraction of sp³-hybridized carbons (Fsp3) is 0.875. The van der Waals surface area contributed by atoms with Crippen LogP contribution < -0.4 is 10.5 Å². The number of amides is 1. The largest absolute Gasteiger partial charge is 0.455 e. The molecular weight excluding hydrogens is 364 g/mol. The highest BCUT2D eigenvalue weighted by molar-refractivity contribution is 7.84. The molecule has 3 N–H and O–H groups in total. The van der Waals surface area contributed by atoms with Crippen LogP contribution in [0.25, 0.3) is 0 Å². The quantitative estimate of drug-likeness (QED) is 0.626. The van der Waals surface area contributed by atoms with Crippen molar-refractivity contribution in [2.75, 3.05) is 6.61 Å². The first kappa shape index (κ1) is 22.7. The highest BCUT2D eigenvalue weighted by Crippen LogP contribution is 2.34.